The minimum atomic E-state index is -1.47. The highest BCUT2D eigenvalue weighted by molar-refractivity contribution is 5.86. The van der Waals surface area contributed by atoms with Crippen LogP contribution in [-0.2, 0) is 9.59 Å². The predicted octanol–water partition coefficient (Wildman–Crippen LogP) is -0.421. The average molecular weight is 242 g/mol. The molecular weight excluding hydrogens is 228 g/mol. The zero-order chi connectivity index (χ0) is 13.4. The topological polar surface area (TPSA) is 107 Å². The largest absolute Gasteiger partial charge is 0.481 e. The van der Waals surface area contributed by atoms with Gasteiger partial charge in [0.05, 0.1) is 13.0 Å². The normalized spacial score (nSPS) is 11.1. The predicted molar refractivity (Wildman–Crippen MR) is 58.3 cm³/mol. The van der Waals surface area contributed by atoms with Gasteiger partial charge in [-0.2, -0.15) is 0 Å². The lowest BCUT2D eigenvalue weighted by Gasteiger charge is -2.21. The Labute approximate surface area is 98.4 Å². The van der Waals surface area contributed by atoms with Gasteiger partial charge in [-0.1, -0.05) is 5.92 Å². The second-order valence-electron chi connectivity index (χ2n) is 3.16. The summed E-state index contributed by atoms with van der Waals surface area (Å²) in [5.41, 5.74) is 0. The van der Waals surface area contributed by atoms with E-state index in [-0.39, 0.29) is 6.54 Å². The average Bonchev–Trinajstić information content (AvgIpc) is 2.23. The second kappa shape index (κ2) is 7.11. The third-order valence-corrected chi connectivity index (χ3v) is 1.93. The number of aliphatic carboxylic acids is 2. The summed E-state index contributed by atoms with van der Waals surface area (Å²) < 4.78 is 0. The molecule has 7 nitrogen and oxygen atoms in total. The number of urea groups is 1. The Morgan fingerprint density at radius 3 is 2.35 bits per heavy atom. The van der Waals surface area contributed by atoms with Crippen molar-refractivity contribution in [1.82, 2.24) is 10.2 Å². The van der Waals surface area contributed by atoms with E-state index < -0.39 is 30.4 Å². The van der Waals surface area contributed by atoms with Crippen molar-refractivity contribution >= 4 is 18.0 Å². The van der Waals surface area contributed by atoms with Gasteiger partial charge in [-0.05, 0) is 6.92 Å². The number of nitrogens with zero attached hydrogens (tertiary/aromatic N) is 1. The van der Waals surface area contributed by atoms with Crippen LogP contribution in [0, 0.1) is 12.3 Å². The quantitative estimate of drug-likeness (QED) is 0.548. The van der Waals surface area contributed by atoms with Gasteiger partial charge in [0.25, 0.3) is 0 Å². The summed E-state index contributed by atoms with van der Waals surface area (Å²) in [6.07, 6.45) is 4.35. The zero-order valence-corrected chi connectivity index (χ0v) is 9.34. The number of hydrogen-bond acceptors (Lipinski definition) is 3. The number of carbonyl (C=O) groups is 3. The molecule has 0 spiro atoms. The van der Waals surface area contributed by atoms with E-state index in [9.17, 15) is 14.4 Å². The van der Waals surface area contributed by atoms with E-state index in [1.54, 1.807) is 6.92 Å². The lowest BCUT2D eigenvalue weighted by atomic mass is 10.2. The molecule has 0 heterocycles. The molecule has 3 N–H and O–H groups in total. The number of hydrogen-bond donors (Lipinski definition) is 3. The summed E-state index contributed by atoms with van der Waals surface area (Å²) in [5, 5.41) is 19.3. The molecule has 0 bridgehead atoms. The molecule has 0 aliphatic heterocycles. The lowest BCUT2D eigenvalue weighted by molar-refractivity contribution is -0.145. The summed E-state index contributed by atoms with van der Waals surface area (Å²) >= 11 is 0. The van der Waals surface area contributed by atoms with Crippen molar-refractivity contribution < 1.29 is 24.6 Å². The first kappa shape index (κ1) is 14.8. The fourth-order valence-corrected chi connectivity index (χ4v) is 1.05. The molecule has 0 aliphatic carbocycles. The Bertz CT molecular complexity index is 347. The van der Waals surface area contributed by atoms with Gasteiger partial charge in [0.15, 0.2) is 0 Å². The Kier molecular flexibility index (Phi) is 6.18. The molecule has 0 saturated heterocycles. The maximum absolute atomic E-state index is 11.5. The Morgan fingerprint density at radius 2 is 2.00 bits per heavy atom. The van der Waals surface area contributed by atoms with Crippen LogP contribution in [0.3, 0.4) is 0 Å². The zero-order valence-electron chi connectivity index (χ0n) is 9.34. The van der Waals surface area contributed by atoms with Gasteiger partial charge in [0.2, 0.25) is 0 Å². The fourth-order valence-electron chi connectivity index (χ4n) is 1.05. The van der Waals surface area contributed by atoms with Crippen molar-refractivity contribution in [2.24, 2.45) is 0 Å². The monoisotopic (exact) mass is 242 g/mol. The molecule has 7 heteroatoms. The molecule has 0 rings (SSSR count). The number of rotatable bonds is 6. The molecular formula is C10H14N2O5. The van der Waals surface area contributed by atoms with Crippen LogP contribution in [0.4, 0.5) is 4.79 Å². The summed E-state index contributed by atoms with van der Waals surface area (Å²) in [4.78, 5) is 33.8. The Balaban J connectivity index is 4.54. The third kappa shape index (κ3) is 5.41. The SMILES string of the molecule is C#CCN(CC)C(=O)N[C@H](CC(=O)O)C(=O)O. The van der Waals surface area contributed by atoms with Crippen LogP contribution in [0.2, 0.25) is 0 Å². The number of terminal acetylenes is 1. The number of amides is 2. The molecule has 0 aromatic rings. The molecule has 0 fully saturated rings. The molecule has 0 unspecified atom stereocenters. The molecule has 2 amide bonds. The molecule has 0 aromatic heterocycles. The standard InChI is InChI=1S/C10H14N2O5/c1-3-5-12(4-2)10(17)11-7(9(15)16)6-8(13)14/h1,7H,4-6H2,2H3,(H,11,17)(H,13,14)(H,15,16)/t7-/m1/s1. The van der Waals surface area contributed by atoms with Crippen LogP contribution in [-0.4, -0.2) is 52.2 Å². The minimum Gasteiger partial charge on any atom is -0.481 e. The van der Waals surface area contributed by atoms with E-state index in [0.29, 0.717) is 6.54 Å². The highest BCUT2D eigenvalue weighted by atomic mass is 16.4. The van der Waals surface area contributed by atoms with E-state index in [2.05, 4.69) is 11.2 Å². The smallest absolute Gasteiger partial charge is 0.326 e. The number of carboxylic acid groups (broad SMARTS) is 2. The molecule has 1 atom stereocenters. The Morgan fingerprint density at radius 1 is 1.41 bits per heavy atom. The first-order valence-corrected chi connectivity index (χ1v) is 4.85. The molecule has 94 valence electrons. The molecule has 0 saturated carbocycles. The van der Waals surface area contributed by atoms with Crippen LogP contribution < -0.4 is 5.32 Å². The van der Waals surface area contributed by atoms with E-state index in [0.717, 1.165) is 0 Å². The maximum atomic E-state index is 11.5. The van der Waals surface area contributed by atoms with E-state index in [1.807, 2.05) is 0 Å². The van der Waals surface area contributed by atoms with Gasteiger partial charge in [0.1, 0.15) is 6.04 Å². The van der Waals surface area contributed by atoms with Crippen molar-refractivity contribution in [3.63, 3.8) is 0 Å². The van der Waals surface area contributed by atoms with Crippen LogP contribution in [0.5, 0.6) is 0 Å². The number of carboxylic acids is 2. The summed E-state index contributed by atoms with van der Waals surface area (Å²) in [6.45, 7) is 2.00. The molecule has 17 heavy (non-hydrogen) atoms. The number of carbonyl (C=O) groups excluding carboxylic acids is 1. The highest BCUT2D eigenvalue weighted by Crippen LogP contribution is 1.96. The van der Waals surface area contributed by atoms with E-state index >= 15 is 0 Å². The first-order chi connectivity index (χ1) is 7.92. The first-order valence-electron chi connectivity index (χ1n) is 4.85. The van der Waals surface area contributed by atoms with Crippen molar-refractivity contribution in [2.45, 2.75) is 19.4 Å². The van der Waals surface area contributed by atoms with Gasteiger partial charge < -0.3 is 20.4 Å². The molecule has 0 radical (unpaired) electrons. The van der Waals surface area contributed by atoms with Crippen molar-refractivity contribution in [3.05, 3.63) is 0 Å². The van der Waals surface area contributed by atoms with E-state index in [4.69, 9.17) is 16.6 Å². The van der Waals surface area contributed by atoms with Gasteiger partial charge in [-0.15, -0.1) is 6.42 Å². The van der Waals surface area contributed by atoms with Crippen LogP contribution in [0.15, 0.2) is 0 Å². The van der Waals surface area contributed by atoms with Gasteiger partial charge in [-0.25, -0.2) is 9.59 Å². The molecule has 0 aliphatic rings. The summed E-state index contributed by atoms with van der Waals surface area (Å²) in [5.74, 6) is -0.469. The number of nitrogens with one attached hydrogen (secondary N) is 1. The maximum Gasteiger partial charge on any atom is 0.326 e. The van der Waals surface area contributed by atoms with Crippen LogP contribution >= 0.6 is 0 Å². The van der Waals surface area contributed by atoms with E-state index in [1.165, 1.54) is 4.90 Å². The third-order valence-electron chi connectivity index (χ3n) is 1.93. The summed E-state index contributed by atoms with van der Waals surface area (Å²) in [6, 6.07) is -2.16. The van der Waals surface area contributed by atoms with Gasteiger partial charge in [0, 0.05) is 6.54 Å². The minimum absolute atomic E-state index is 0.0295. The van der Waals surface area contributed by atoms with Gasteiger partial charge in [-0.3, -0.25) is 4.79 Å². The van der Waals surface area contributed by atoms with Crippen molar-refractivity contribution in [1.29, 1.82) is 0 Å². The second-order valence-corrected chi connectivity index (χ2v) is 3.16. The van der Waals surface area contributed by atoms with Gasteiger partial charge >= 0.3 is 18.0 Å². The molecule has 0 aromatic carbocycles. The van der Waals surface area contributed by atoms with Crippen LogP contribution in [0.1, 0.15) is 13.3 Å². The highest BCUT2D eigenvalue weighted by Gasteiger charge is 2.24. The van der Waals surface area contributed by atoms with Crippen LogP contribution in [0.25, 0.3) is 0 Å². The lowest BCUT2D eigenvalue weighted by Crippen LogP contribution is -2.48. The Hall–Kier alpha value is -2.23. The summed E-state index contributed by atoms with van der Waals surface area (Å²) in [7, 11) is 0. The van der Waals surface area contributed by atoms with Crippen molar-refractivity contribution in [3.8, 4) is 12.3 Å². The fraction of sp³-hybridized carbons (Fsp3) is 0.500. The van der Waals surface area contributed by atoms with Crippen molar-refractivity contribution in [2.75, 3.05) is 13.1 Å².